The third kappa shape index (κ3) is 1.70. The van der Waals surface area contributed by atoms with E-state index in [9.17, 15) is 5.11 Å². The Labute approximate surface area is 99.1 Å². The smallest absolute Gasteiger partial charge is 0.214 e. The Bertz CT molecular complexity index is 527. The number of oxazole rings is 1. The molecule has 2 aromatic rings. The van der Waals surface area contributed by atoms with Crippen LogP contribution in [-0.2, 0) is 5.54 Å². The first-order chi connectivity index (χ1) is 8.17. The number of phenols is 1. The number of rotatable bonds is 2. The molecule has 1 fully saturated rings. The molecule has 0 bridgehead atoms. The fourth-order valence-electron chi connectivity index (χ4n) is 2.04. The molecule has 1 aromatic heterocycles. The molecule has 0 atom stereocenters. The molecule has 17 heavy (non-hydrogen) atoms. The molecule has 4 nitrogen and oxygen atoms in total. The Balaban J connectivity index is 1.92. The van der Waals surface area contributed by atoms with Crippen LogP contribution in [0, 0.1) is 0 Å². The number of hydrogen-bond donors (Lipinski definition) is 2. The molecule has 3 rings (SSSR count). The maximum absolute atomic E-state index is 9.22. The zero-order chi connectivity index (χ0) is 11.9. The lowest BCUT2D eigenvalue weighted by Gasteiger charge is -2.34. The van der Waals surface area contributed by atoms with Crippen molar-refractivity contribution in [3.05, 3.63) is 36.4 Å². The van der Waals surface area contributed by atoms with Crippen molar-refractivity contribution in [3.8, 4) is 17.0 Å². The van der Waals surface area contributed by atoms with Crippen LogP contribution in [0.3, 0.4) is 0 Å². The van der Waals surface area contributed by atoms with Crippen LogP contribution in [0.5, 0.6) is 5.75 Å². The molecular weight excluding hydrogens is 216 g/mol. The van der Waals surface area contributed by atoms with Gasteiger partial charge in [0.15, 0.2) is 0 Å². The van der Waals surface area contributed by atoms with Gasteiger partial charge in [-0.3, -0.25) is 0 Å². The fraction of sp³-hybridized carbons (Fsp3) is 0.308. The summed E-state index contributed by atoms with van der Waals surface area (Å²) in [6.07, 6.45) is 4.62. The van der Waals surface area contributed by atoms with Gasteiger partial charge in [0, 0.05) is 5.56 Å². The summed E-state index contributed by atoms with van der Waals surface area (Å²) in [4.78, 5) is 4.43. The summed E-state index contributed by atoms with van der Waals surface area (Å²) in [5.74, 6) is 0.860. The maximum atomic E-state index is 9.22. The minimum atomic E-state index is -0.366. The van der Waals surface area contributed by atoms with E-state index in [0.29, 0.717) is 5.89 Å². The van der Waals surface area contributed by atoms with Crippen molar-refractivity contribution in [1.82, 2.24) is 4.98 Å². The molecular formula is C13H14N2O2. The summed E-state index contributed by atoms with van der Waals surface area (Å²) in [7, 11) is 0. The van der Waals surface area contributed by atoms with Gasteiger partial charge < -0.3 is 15.3 Å². The van der Waals surface area contributed by atoms with E-state index in [4.69, 9.17) is 10.2 Å². The predicted molar refractivity (Wildman–Crippen MR) is 63.3 cm³/mol. The standard InChI is InChI=1S/C13H14N2O2/c14-13(6-1-7-13)12-15-11(8-17-12)9-2-4-10(16)5-3-9/h2-5,8,16H,1,6-7,14H2. The van der Waals surface area contributed by atoms with E-state index in [-0.39, 0.29) is 11.3 Å². The van der Waals surface area contributed by atoms with E-state index in [1.165, 1.54) is 0 Å². The van der Waals surface area contributed by atoms with Gasteiger partial charge in [0.2, 0.25) is 5.89 Å². The maximum Gasteiger partial charge on any atom is 0.214 e. The SMILES string of the molecule is NC1(c2nc(-c3ccc(O)cc3)co2)CCC1. The second-order valence-corrected chi connectivity index (χ2v) is 4.59. The Morgan fingerprint density at radius 2 is 1.94 bits per heavy atom. The molecule has 4 heteroatoms. The van der Waals surface area contributed by atoms with Crippen molar-refractivity contribution in [2.45, 2.75) is 24.8 Å². The number of hydrogen-bond acceptors (Lipinski definition) is 4. The number of aromatic hydroxyl groups is 1. The molecule has 88 valence electrons. The van der Waals surface area contributed by atoms with Gasteiger partial charge in [0.05, 0.1) is 5.54 Å². The third-order valence-electron chi connectivity index (χ3n) is 3.34. The van der Waals surface area contributed by atoms with E-state index < -0.39 is 0 Å². The van der Waals surface area contributed by atoms with Gasteiger partial charge in [0.1, 0.15) is 17.7 Å². The molecule has 0 unspecified atom stereocenters. The molecule has 0 saturated heterocycles. The molecule has 1 saturated carbocycles. The summed E-state index contributed by atoms with van der Waals surface area (Å²) in [6.45, 7) is 0. The number of phenolic OH excluding ortho intramolecular Hbond substituents is 1. The first-order valence-corrected chi connectivity index (χ1v) is 5.72. The van der Waals surface area contributed by atoms with Crippen molar-refractivity contribution in [1.29, 1.82) is 0 Å². The van der Waals surface area contributed by atoms with Crippen LogP contribution >= 0.6 is 0 Å². The summed E-state index contributed by atoms with van der Waals surface area (Å²) in [5, 5.41) is 9.22. The fourth-order valence-corrected chi connectivity index (χ4v) is 2.04. The average Bonchev–Trinajstić information content (AvgIpc) is 2.76. The summed E-state index contributed by atoms with van der Waals surface area (Å²) in [6, 6.07) is 6.87. The second-order valence-electron chi connectivity index (χ2n) is 4.59. The average molecular weight is 230 g/mol. The largest absolute Gasteiger partial charge is 0.508 e. The van der Waals surface area contributed by atoms with Gasteiger partial charge >= 0.3 is 0 Å². The topological polar surface area (TPSA) is 72.3 Å². The second kappa shape index (κ2) is 3.60. The van der Waals surface area contributed by atoms with E-state index in [0.717, 1.165) is 30.5 Å². The summed E-state index contributed by atoms with van der Waals surface area (Å²) in [5.41, 5.74) is 7.46. The molecule has 1 aliphatic carbocycles. The van der Waals surface area contributed by atoms with Crippen molar-refractivity contribution in [2.24, 2.45) is 5.73 Å². The van der Waals surface area contributed by atoms with Gasteiger partial charge in [-0.2, -0.15) is 0 Å². The Kier molecular flexibility index (Phi) is 2.19. The van der Waals surface area contributed by atoms with Crippen LogP contribution in [-0.4, -0.2) is 10.1 Å². The monoisotopic (exact) mass is 230 g/mol. The van der Waals surface area contributed by atoms with Gasteiger partial charge in [-0.15, -0.1) is 0 Å². The molecule has 1 heterocycles. The highest BCUT2D eigenvalue weighted by Gasteiger charge is 2.39. The molecule has 0 aliphatic heterocycles. The van der Waals surface area contributed by atoms with Crippen LogP contribution in [0.1, 0.15) is 25.2 Å². The molecule has 3 N–H and O–H groups in total. The third-order valence-corrected chi connectivity index (χ3v) is 3.34. The zero-order valence-corrected chi connectivity index (χ0v) is 9.39. The summed E-state index contributed by atoms with van der Waals surface area (Å²) < 4.78 is 5.46. The van der Waals surface area contributed by atoms with Crippen molar-refractivity contribution >= 4 is 0 Å². The zero-order valence-electron chi connectivity index (χ0n) is 9.39. The molecule has 0 amide bonds. The number of nitrogens with two attached hydrogens (primary N) is 1. The number of nitrogens with zero attached hydrogens (tertiary/aromatic N) is 1. The minimum Gasteiger partial charge on any atom is -0.508 e. The highest BCUT2D eigenvalue weighted by molar-refractivity contribution is 5.59. The quantitative estimate of drug-likeness (QED) is 0.830. The Hall–Kier alpha value is -1.81. The highest BCUT2D eigenvalue weighted by Crippen LogP contribution is 2.38. The van der Waals surface area contributed by atoms with E-state index in [1.807, 2.05) is 0 Å². The molecule has 1 aromatic carbocycles. The molecule has 0 spiro atoms. The Morgan fingerprint density at radius 3 is 2.53 bits per heavy atom. The van der Waals surface area contributed by atoms with E-state index in [2.05, 4.69) is 4.98 Å². The molecule has 1 aliphatic rings. The lowest BCUT2D eigenvalue weighted by molar-refractivity contribution is 0.199. The van der Waals surface area contributed by atoms with Gasteiger partial charge in [-0.25, -0.2) is 4.98 Å². The first kappa shape index (κ1) is 10.4. The van der Waals surface area contributed by atoms with Gasteiger partial charge in [-0.05, 0) is 43.5 Å². The van der Waals surface area contributed by atoms with Crippen molar-refractivity contribution in [2.75, 3.05) is 0 Å². The Morgan fingerprint density at radius 1 is 1.24 bits per heavy atom. The van der Waals surface area contributed by atoms with Gasteiger partial charge in [-0.1, -0.05) is 0 Å². The predicted octanol–water partition coefficient (Wildman–Crippen LogP) is 2.39. The minimum absolute atomic E-state index is 0.242. The van der Waals surface area contributed by atoms with Crippen LogP contribution in [0.25, 0.3) is 11.3 Å². The van der Waals surface area contributed by atoms with Gasteiger partial charge in [0.25, 0.3) is 0 Å². The van der Waals surface area contributed by atoms with E-state index in [1.54, 1.807) is 30.5 Å². The normalized spacial score (nSPS) is 17.7. The van der Waals surface area contributed by atoms with Crippen LogP contribution in [0.2, 0.25) is 0 Å². The first-order valence-electron chi connectivity index (χ1n) is 5.72. The number of aromatic nitrogens is 1. The van der Waals surface area contributed by atoms with Crippen LogP contribution in [0.4, 0.5) is 0 Å². The lowest BCUT2D eigenvalue weighted by Crippen LogP contribution is -2.43. The summed E-state index contributed by atoms with van der Waals surface area (Å²) >= 11 is 0. The highest BCUT2D eigenvalue weighted by atomic mass is 16.3. The molecule has 0 radical (unpaired) electrons. The van der Waals surface area contributed by atoms with Crippen molar-refractivity contribution < 1.29 is 9.52 Å². The van der Waals surface area contributed by atoms with Crippen LogP contribution in [0.15, 0.2) is 34.9 Å². The number of benzene rings is 1. The van der Waals surface area contributed by atoms with E-state index >= 15 is 0 Å². The van der Waals surface area contributed by atoms with Crippen molar-refractivity contribution in [3.63, 3.8) is 0 Å². The van der Waals surface area contributed by atoms with Crippen LogP contribution < -0.4 is 5.73 Å². The lowest BCUT2D eigenvalue weighted by atomic mass is 9.78.